The molecule has 0 N–H and O–H groups in total. The number of aromatic nitrogens is 5. The zero-order valence-electron chi connectivity index (χ0n) is 16.6. The predicted molar refractivity (Wildman–Crippen MR) is 117 cm³/mol. The lowest BCUT2D eigenvalue weighted by Crippen LogP contribution is -2.21. The molecule has 4 rings (SSSR count). The van der Waals surface area contributed by atoms with Gasteiger partial charge in [0.05, 0.1) is 12.6 Å². The van der Waals surface area contributed by atoms with Crippen molar-refractivity contribution in [1.29, 1.82) is 0 Å². The van der Waals surface area contributed by atoms with Crippen molar-refractivity contribution in [3.8, 4) is 5.13 Å². The first-order valence-corrected chi connectivity index (χ1v) is 11.6. The first kappa shape index (κ1) is 20.3. The van der Waals surface area contributed by atoms with E-state index in [0.717, 1.165) is 47.9 Å². The largest absolute Gasteiger partial charge is 0.377 e. The van der Waals surface area contributed by atoms with Crippen LogP contribution in [0, 0.1) is 0 Å². The molecule has 9 heteroatoms. The molecule has 0 aromatic carbocycles. The Bertz CT molecular complexity index is 913. The van der Waals surface area contributed by atoms with Crippen LogP contribution >= 0.6 is 23.1 Å². The van der Waals surface area contributed by atoms with Gasteiger partial charge in [0.1, 0.15) is 5.82 Å². The number of rotatable bonds is 10. The second-order valence-corrected chi connectivity index (χ2v) is 8.96. The summed E-state index contributed by atoms with van der Waals surface area (Å²) in [4.78, 5) is 6.67. The van der Waals surface area contributed by atoms with Crippen LogP contribution in [0.3, 0.4) is 0 Å². The molecule has 1 aliphatic heterocycles. The van der Waals surface area contributed by atoms with Crippen LogP contribution in [0.4, 0.5) is 0 Å². The third kappa shape index (κ3) is 4.98. The van der Waals surface area contributed by atoms with Gasteiger partial charge in [-0.05, 0) is 32.0 Å². The molecular weight excluding hydrogens is 404 g/mol. The van der Waals surface area contributed by atoms with E-state index < -0.39 is 0 Å². The molecular formula is C20H26N6OS2. The maximum absolute atomic E-state index is 5.73. The van der Waals surface area contributed by atoms with Crippen molar-refractivity contribution in [3.63, 3.8) is 0 Å². The molecule has 154 valence electrons. The number of thiazole rings is 1. The summed E-state index contributed by atoms with van der Waals surface area (Å²) < 4.78 is 10.0. The van der Waals surface area contributed by atoms with E-state index in [0.29, 0.717) is 19.2 Å². The van der Waals surface area contributed by atoms with Crippen molar-refractivity contribution in [1.82, 2.24) is 29.2 Å². The summed E-state index contributed by atoms with van der Waals surface area (Å²) in [6, 6.07) is 4.19. The first-order chi connectivity index (χ1) is 14.2. The van der Waals surface area contributed by atoms with E-state index in [1.807, 2.05) is 17.7 Å². The fourth-order valence-corrected chi connectivity index (χ4v) is 5.13. The average Bonchev–Trinajstić information content (AvgIpc) is 3.50. The van der Waals surface area contributed by atoms with Gasteiger partial charge in [-0.2, -0.15) is 0 Å². The third-order valence-electron chi connectivity index (χ3n) is 4.83. The topological polar surface area (TPSA) is 61.0 Å². The summed E-state index contributed by atoms with van der Waals surface area (Å²) in [5.41, 5.74) is 1.20. The SMILES string of the molecule is C=CCn1c(CN(C)Cc2cccn2-c2nccs2)nnc1SC[C@H]1CCCO1. The summed E-state index contributed by atoms with van der Waals surface area (Å²) >= 11 is 3.36. The normalized spacial score (nSPS) is 16.7. The highest BCUT2D eigenvalue weighted by Gasteiger charge is 2.19. The average molecular weight is 431 g/mol. The number of allylic oxidation sites excluding steroid dienone is 1. The van der Waals surface area contributed by atoms with E-state index in [1.54, 1.807) is 23.1 Å². The minimum absolute atomic E-state index is 0.332. The molecule has 29 heavy (non-hydrogen) atoms. The second-order valence-electron chi connectivity index (χ2n) is 7.10. The van der Waals surface area contributed by atoms with Crippen molar-refractivity contribution in [2.45, 2.75) is 43.7 Å². The van der Waals surface area contributed by atoms with Gasteiger partial charge in [0.25, 0.3) is 0 Å². The van der Waals surface area contributed by atoms with Crippen LogP contribution in [-0.2, 0) is 24.4 Å². The van der Waals surface area contributed by atoms with Crippen LogP contribution in [0.1, 0.15) is 24.4 Å². The number of ether oxygens (including phenoxy) is 1. The molecule has 7 nitrogen and oxygen atoms in total. The summed E-state index contributed by atoms with van der Waals surface area (Å²) in [6.07, 6.45) is 8.42. The van der Waals surface area contributed by atoms with Gasteiger partial charge in [0, 0.05) is 48.9 Å². The third-order valence-corrected chi connectivity index (χ3v) is 6.70. The van der Waals surface area contributed by atoms with Crippen LogP contribution in [-0.4, -0.2) is 54.7 Å². The molecule has 0 unspecified atom stereocenters. The van der Waals surface area contributed by atoms with Crippen molar-refractivity contribution in [2.75, 3.05) is 19.4 Å². The highest BCUT2D eigenvalue weighted by Crippen LogP contribution is 2.24. The predicted octanol–water partition coefficient (Wildman–Crippen LogP) is 3.61. The Morgan fingerprint density at radius 1 is 1.41 bits per heavy atom. The standard InChI is InChI=1S/C20H26N6OS2/c1-3-9-26-18(22-23-20(26)29-15-17-7-5-11-27-17)14-24(2)13-16-6-4-10-25(16)19-21-8-12-28-19/h3-4,6,8,10,12,17H,1,5,7,9,11,13-15H2,2H3/t17-/m1/s1. The van der Waals surface area contributed by atoms with Gasteiger partial charge in [-0.3, -0.25) is 9.47 Å². The molecule has 0 aliphatic carbocycles. The molecule has 0 amide bonds. The van der Waals surface area contributed by atoms with Gasteiger partial charge >= 0.3 is 0 Å². The van der Waals surface area contributed by atoms with Gasteiger partial charge in [-0.25, -0.2) is 4.98 Å². The van der Waals surface area contributed by atoms with Gasteiger partial charge < -0.3 is 9.30 Å². The molecule has 0 spiro atoms. The molecule has 0 saturated carbocycles. The number of thioether (sulfide) groups is 1. The van der Waals surface area contributed by atoms with E-state index in [2.05, 4.69) is 61.2 Å². The summed E-state index contributed by atoms with van der Waals surface area (Å²) in [5, 5.41) is 12.8. The van der Waals surface area contributed by atoms with Crippen LogP contribution in [0.15, 0.2) is 47.7 Å². The smallest absolute Gasteiger partial charge is 0.193 e. The lowest BCUT2D eigenvalue weighted by molar-refractivity contribution is 0.129. The van der Waals surface area contributed by atoms with Crippen LogP contribution in [0.5, 0.6) is 0 Å². The second kappa shape index (κ2) is 9.71. The molecule has 1 fully saturated rings. The molecule has 1 atom stereocenters. The highest BCUT2D eigenvalue weighted by molar-refractivity contribution is 7.99. The Morgan fingerprint density at radius 2 is 2.34 bits per heavy atom. The van der Waals surface area contributed by atoms with Crippen LogP contribution < -0.4 is 0 Å². The molecule has 4 heterocycles. The highest BCUT2D eigenvalue weighted by atomic mass is 32.2. The van der Waals surface area contributed by atoms with Crippen LogP contribution in [0.2, 0.25) is 0 Å². The van der Waals surface area contributed by atoms with E-state index in [4.69, 9.17) is 4.74 Å². The summed E-state index contributed by atoms with van der Waals surface area (Å²) in [5.74, 6) is 1.88. The van der Waals surface area contributed by atoms with E-state index in [1.165, 1.54) is 5.69 Å². The Hall–Kier alpha value is -1.94. The molecule has 1 saturated heterocycles. The van der Waals surface area contributed by atoms with E-state index in [9.17, 15) is 0 Å². The van der Waals surface area contributed by atoms with E-state index >= 15 is 0 Å². The van der Waals surface area contributed by atoms with Crippen molar-refractivity contribution < 1.29 is 4.74 Å². The minimum atomic E-state index is 0.332. The number of nitrogens with zero attached hydrogens (tertiary/aromatic N) is 6. The molecule has 1 aliphatic rings. The van der Waals surface area contributed by atoms with E-state index in [-0.39, 0.29) is 0 Å². The van der Waals surface area contributed by atoms with Gasteiger partial charge in [-0.15, -0.1) is 28.1 Å². The Balaban J connectivity index is 1.42. The van der Waals surface area contributed by atoms with Gasteiger partial charge in [-0.1, -0.05) is 17.8 Å². The number of hydrogen-bond donors (Lipinski definition) is 0. The van der Waals surface area contributed by atoms with Gasteiger partial charge in [0.2, 0.25) is 0 Å². The maximum atomic E-state index is 5.73. The quantitative estimate of drug-likeness (QED) is 0.362. The zero-order valence-corrected chi connectivity index (χ0v) is 18.2. The summed E-state index contributed by atoms with van der Waals surface area (Å²) in [6.45, 7) is 7.00. The molecule has 0 bridgehead atoms. The van der Waals surface area contributed by atoms with Crippen molar-refractivity contribution >= 4 is 23.1 Å². The number of hydrogen-bond acceptors (Lipinski definition) is 7. The van der Waals surface area contributed by atoms with Crippen LogP contribution in [0.25, 0.3) is 5.13 Å². The van der Waals surface area contributed by atoms with Crippen molar-refractivity contribution in [3.05, 3.63) is 54.1 Å². The molecule has 3 aromatic heterocycles. The molecule has 3 aromatic rings. The monoisotopic (exact) mass is 430 g/mol. The first-order valence-electron chi connectivity index (χ1n) is 9.76. The lowest BCUT2D eigenvalue weighted by atomic mass is 10.3. The fourth-order valence-electron chi connectivity index (χ4n) is 3.44. The Morgan fingerprint density at radius 3 is 3.10 bits per heavy atom. The van der Waals surface area contributed by atoms with Crippen molar-refractivity contribution in [2.24, 2.45) is 0 Å². The Kier molecular flexibility index (Phi) is 6.81. The van der Waals surface area contributed by atoms with Gasteiger partial charge in [0.15, 0.2) is 10.3 Å². The lowest BCUT2D eigenvalue weighted by Gasteiger charge is -2.18. The molecule has 0 radical (unpaired) electrons. The summed E-state index contributed by atoms with van der Waals surface area (Å²) in [7, 11) is 2.10. The Labute approximate surface area is 179 Å². The fraction of sp³-hybridized carbons (Fsp3) is 0.450. The minimum Gasteiger partial charge on any atom is -0.377 e. The maximum Gasteiger partial charge on any atom is 0.193 e. The zero-order chi connectivity index (χ0) is 20.1.